The SMILES string of the molecule is CCOc1ccc([C@H]2N[C@@H](c3ccc(OCC)cc3)[C@H]3CCC[C@@H]2C3=NOC)cc1. The number of piperidine rings is 1. The number of ether oxygens (including phenoxy) is 2. The lowest BCUT2D eigenvalue weighted by Crippen LogP contribution is -2.50. The Balaban J connectivity index is 1.67. The van der Waals surface area contributed by atoms with Crippen LogP contribution in [0.1, 0.15) is 56.3 Å². The summed E-state index contributed by atoms with van der Waals surface area (Å²) in [5.74, 6) is 2.51. The Morgan fingerprint density at radius 2 is 1.27 bits per heavy atom. The summed E-state index contributed by atoms with van der Waals surface area (Å²) >= 11 is 0. The lowest BCUT2D eigenvalue weighted by atomic mass is 9.67. The molecule has 1 aliphatic carbocycles. The summed E-state index contributed by atoms with van der Waals surface area (Å²) in [6.45, 7) is 5.37. The van der Waals surface area contributed by atoms with E-state index in [1.54, 1.807) is 7.11 Å². The Bertz CT molecular complexity index is 782. The van der Waals surface area contributed by atoms with Crippen LogP contribution in [-0.2, 0) is 4.84 Å². The number of benzene rings is 2. The highest BCUT2D eigenvalue weighted by Gasteiger charge is 2.45. The van der Waals surface area contributed by atoms with E-state index < -0.39 is 0 Å². The largest absolute Gasteiger partial charge is 0.494 e. The fourth-order valence-corrected chi connectivity index (χ4v) is 5.00. The molecule has 1 saturated carbocycles. The van der Waals surface area contributed by atoms with E-state index in [0.717, 1.165) is 24.3 Å². The quantitative estimate of drug-likeness (QED) is 0.633. The predicted octanol–water partition coefficient (Wildman–Crippen LogP) is 5.29. The van der Waals surface area contributed by atoms with Crippen LogP contribution < -0.4 is 14.8 Å². The lowest BCUT2D eigenvalue weighted by Gasteiger charge is -2.47. The molecule has 0 spiro atoms. The molecule has 0 amide bonds. The molecule has 4 atom stereocenters. The van der Waals surface area contributed by atoms with E-state index in [1.807, 2.05) is 13.8 Å². The Hall–Kier alpha value is -2.53. The Morgan fingerprint density at radius 3 is 1.67 bits per heavy atom. The first-order chi connectivity index (χ1) is 14.7. The zero-order valence-electron chi connectivity index (χ0n) is 18.1. The molecule has 2 fully saturated rings. The third-order valence-electron chi connectivity index (χ3n) is 6.25. The van der Waals surface area contributed by atoms with Gasteiger partial charge in [0.05, 0.1) is 18.9 Å². The molecule has 30 heavy (non-hydrogen) atoms. The average molecular weight is 409 g/mol. The van der Waals surface area contributed by atoms with Gasteiger partial charge < -0.3 is 19.6 Å². The van der Waals surface area contributed by atoms with Crippen LogP contribution in [0.4, 0.5) is 0 Å². The van der Waals surface area contributed by atoms with Crippen molar-refractivity contribution in [2.75, 3.05) is 20.3 Å². The molecule has 160 valence electrons. The summed E-state index contributed by atoms with van der Waals surface area (Å²) in [6.07, 6.45) is 3.46. The number of nitrogens with one attached hydrogen (secondary N) is 1. The molecule has 2 bridgehead atoms. The molecule has 0 unspecified atom stereocenters. The van der Waals surface area contributed by atoms with E-state index in [1.165, 1.54) is 23.3 Å². The van der Waals surface area contributed by atoms with Gasteiger partial charge in [0.25, 0.3) is 0 Å². The molecule has 0 aromatic heterocycles. The first kappa shape index (κ1) is 20.7. The van der Waals surface area contributed by atoms with Crippen molar-refractivity contribution in [1.82, 2.24) is 5.32 Å². The first-order valence-electron chi connectivity index (χ1n) is 11.1. The van der Waals surface area contributed by atoms with Gasteiger partial charge >= 0.3 is 0 Å². The van der Waals surface area contributed by atoms with E-state index in [-0.39, 0.29) is 12.1 Å². The summed E-state index contributed by atoms with van der Waals surface area (Å²) in [5, 5.41) is 8.50. The van der Waals surface area contributed by atoms with Crippen LogP contribution in [0.25, 0.3) is 0 Å². The maximum atomic E-state index is 5.63. The van der Waals surface area contributed by atoms with Gasteiger partial charge in [-0.15, -0.1) is 0 Å². The number of rotatable bonds is 7. The van der Waals surface area contributed by atoms with Crippen LogP contribution in [0.3, 0.4) is 0 Å². The van der Waals surface area contributed by atoms with Crippen molar-refractivity contribution >= 4 is 5.71 Å². The van der Waals surface area contributed by atoms with Gasteiger partial charge in [-0.2, -0.15) is 0 Å². The molecule has 1 heterocycles. The molecule has 0 radical (unpaired) electrons. The topological polar surface area (TPSA) is 52.1 Å². The average Bonchev–Trinajstić information content (AvgIpc) is 2.76. The van der Waals surface area contributed by atoms with Crippen LogP contribution in [0.2, 0.25) is 0 Å². The van der Waals surface area contributed by atoms with E-state index in [2.05, 4.69) is 59.0 Å². The van der Waals surface area contributed by atoms with E-state index >= 15 is 0 Å². The van der Waals surface area contributed by atoms with Gasteiger partial charge in [0, 0.05) is 23.9 Å². The minimum absolute atomic E-state index is 0.197. The second-order valence-corrected chi connectivity index (χ2v) is 7.97. The van der Waals surface area contributed by atoms with Gasteiger partial charge in [-0.1, -0.05) is 35.8 Å². The highest BCUT2D eigenvalue weighted by molar-refractivity contribution is 5.91. The van der Waals surface area contributed by atoms with E-state index in [9.17, 15) is 0 Å². The van der Waals surface area contributed by atoms with Crippen molar-refractivity contribution in [2.45, 2.75) is 45.2 Å². The summed E-state index contributed by atoms with van der Waals surface area (Å²) in [5.41, 5.74) is 3.73. The van der Waals surface area contributed by atoms with Gasteiger partial charge in [-0.05, 0) is 62.1 Å². The molecule has 1 N–H and O–H groups in total. The summed E-state index contributed by atoms with van der Waals surface area (Å²) in [6, 6.07) is 17.4. The highest BCUT2D eigenvalue weighted by atomic mass is 16.6. The van der Waals surface area contributed by atoms with Crippen molar-refractivity contribution < 1.29 is 14.3 Å². The maximum absolute atomic E-state index is 5.63. The summed E-state index contributed by atoms with van der Waals surface area (Å²) < 4.78 is 11.3. The molecular weight excluding hydrogens is 376 g/mol. The van der Waals surface area contributed by atoms with Crippen molar-refractivity contribution in [1.29, 1.82) is 0 Å². The van der Waals surface area contributed by atoms with Crippen molar-refractivity contribution in [2.24, 2.45) is 17.0 Å². The number of hydrogen-bond donors (Lipinski definition) is 1. The molecule has 1 saturated heterocycles. The van der Waals surface area contributed by atoms with Gasteiger partial charge in [-0.25, -0.2) is 0 Å². The van der Waals surface area contributed by atoms with Gasteiger partial charge in [0.15, 0.2) is 0 Å². The monoisotopic (exact) mass is 408 g/mol. The smallest absolute Gasteiger partial charge is 0.119 e. The van der Waals surface area contributed by atoms with Gasteiger partial charge in [0.2, 0.25) is 0 Å². The van der Waals surface area contributed by atoms with E-state index in [4.69, 9.17) is 14.3 Å². The molecule has 2 aromatic rings. The Kier molecular flexibility index (Phi) is 6.58. The Morgan fingerprint density at radius 1 is 0.800 bits per heavy atom. The van der Waals surface area contributed by atoms with Crippen LogP contribution in [0.15, 0.2) is 53.7 Å². The molecular formula is C25H32N2O3. The number of oxime groups is 1. The zero-order chi connectivity index (χ0) is 20.9. The number of hydrogen-bond acceptors (Lipinski definition) is 5. The minimum atomic E-state index is 0.197. The Labute approximate surface area is 179 Å². The fourth-order valence-electron chi connectivity index (χ4n) is 5.00. The standard InChI is InChI=1S/C25H32N2O3/c1-4-29-19-13-9-17(10-14-19)23-21-7-6-8-22(25(21)27-28-3)24(26-23)18-11-15-20(16-12-18)30-5-2/h9-16,21-24,26H,4-8H2,1-3H3/t21-,22+,23+,24-. The van der Waals surface area contributed by atoms with Crippen LogP contribution in [-0.4, -0.2) is 26.0 Å². The molecule has 1 aliphatic heterocycles. The minimum Gasteiger partial charge on any atom is -0.494 e. The van der Waals surface area contributed by atoms with Crippen LogP contribution in [0, 0.1) is 11.8 Å². The lowest BCUT2D eigenvalue weighted by molar-refractivity contribution is 0.180. The second-order valence-electron chi connectivity index (χ2n) is 7.97. The summed E-state index contributed by atoms with van der Waals surface area (Å²) in [7, 11) is 1.66. The second kappa shape index (κ2) is 9.52. The molecule has 5 nitrogen and oxygen atoms in total. The number of nitrogens with zero attached hydrogens (tertiary/aromatic N) is 1. The van der Waals surface area contributed by atoms with Crippen molar-refractivity contribution in [3.8, 4) is 11.5 Å². The predicted molar refractivity (Wildman–Crippen MR) is 119 cm³/mol. The first-order valence-corrected chi connectivity index (χ1v) is 11.1. The highest BCUT2D eigenvalue weighted by Crippen LogP contribution is 2.46. The molecule has 4 rings (SSSR count). The number of fused-ring (bicyclic) bond motifs is 2. The third-order valence-corrected chi connectivity index (χ3v) is 6.25. The third kappa shape index (κ3) is 4.17. The van der Waals surface area contributed by atoms with E-state index in [0.29, 0.717) is 25.0 Å². The normalized spacial score (nSPS) is 27.0. The zero-order valence-corrected chi connectivity index (χ0v) is 18.1. The summed E-state index contributed by atoms with van der Waals surface area (Å²) in [4.78, 5) is 5.31. The van der Waals surface area contributed by atoms with Crippen LogP contribution in [0.5, 0.6) is 11.5 Å². The molecule has 2 aliphatic rings. The fraction of sp³-hybridized carbons (Fsp3) is 0.480. The van der Waals surface area contributed by atoms with Crippen LogP contribution >= 0.6 is 0 Å². The van der Waals surface area contributed by atoms with Gasteiger partial charge in [-0.3, -0.25) is 0 Å². The maximum Gasteiger partial charge on any atom is 0.119 e. The van der Waals surface area contributed by atoms with Crippen molar-refractivity contribution in [3.63, 3.8) is 0 Å². The van der Waals surface area contributed by atoms with Gasteiger partial charge in [0.1, 0.15) is 18.6 Å². The van der Waals surface area contributed by atoms with Crippen molar-refractivity contribution in [3.05, 3.63) is 59.7 Å². The molecule has 2 aromatic carbocycles. The molecule has 5 heteroatoms.